The summed E-state index contributed by atoms with van der Waals surface area (Å²) in [6.45, 7) is 4.44. The number of aromatic nitrogens is 3. The molecular formula is C22H24N4O2S. The van der Waals surface area contributed by atoms with Crippen LogP contribution in [0.5, 0.6) is 5.75 Å². The van der Waals surface area contributed by atoms with Crippen LogP contribution in [0.1, 0.15) is 11.4 Å². The van der Waals surface area contributed by atoms with Crippen LogP contribution in [-0.4, -0.2) is 33.5 Å². The zero-order valence-corrected chi connectivity index (χ0v) is 17.2. The SMILES string of the molecule is C=CCn1c(CCc2ccccc2)nnc1SCC(=O)Nc1ccc(OC)cc1. The normalized spacial score (nSPS) is 10.5. The van der Waals surface area contributed by atoms with Crippen LogP contribution < -0.4 is 10.1 Å². The summed E-state index contributed by atoms with van der Waals surface area (Å²) in [4.78, 5) is 12.3. The van der Waals surface area contributed by atoms with Crippen LogP contribution in [0.2, 0.25) is 0 Å². The number of nitrogens with one attached hydrogen (secondary N) is 1. The van der Waals surface area contributed by atoms with Crippen molar-refractivity contribution in [1.82, 2.24) is 14.8 Å². The number of anilines is 1. The third-order valence-corrected chi connectivity index (χ3v) is 5.26. The number of methoxy groups -OCH3 is 1. The van der Waals surface area contributed by atoms with Gasteiger partial charge in [0.1, 0.15) is 11.6 Å². The molecule has 0 atom stereocenters. The maximum atomic E-state index is 12.3. The zero-order valence-electron chi connectivity index (χ0n) is 16.4. The first-order valence-corrected chi connectivity index (χ1v) is 10.3. The fourth-order valence-corrected chi connectivity index (χ4v) is 3.59. The fourth-order valence-electron chi connectivity index (χ4n) is 2.83. The molecule has 0 radical (unpaired) electrons. The van der Waals surface area contributed by atoms with E-state index < -0.39 is 0 Å². The van der Waals surface area contributed by atoms with Gasteiger partial charge in [-0.3, -0.25) is 4.79 Å². The van der Waals surface area contributed by atoms with Crippen LogP contribution in [0.15, 0.2) is 72.4 Å². The lowest BCUT2D eigenvalue weighted by Crippen LogP contribution is -2.14. The average molecular weight is 409 g/mol. The van der Waals surface area contributed by atoms with Gasteiger partial charge in [0.2, 0.25) is 5.91 Å². The van der Waals surface area contributed by atoms with Crippen molar-refractivity contribution in [2.75, 3.05) is 18.2 Å². The Morgan fingerprint density at radius 3 is 2.59 bits per heavy atom. The van der Waals surface area contributed by atoms with Gasteiger partial charge in [0.15, 0.2) is 5.16 Å². The van der Waals surface area contributed by atoms with Crippen LogP contribution in [0.4, 0.5) is 5.69 Å². The number of carbonyl (C=O) groups is 1. The molecule has 1 N–H and O–H groups in total. The predicted molar refractivity (Wildman–Crippen MR) is 116 cm³/mol. The van der Waals surface area contributed by atoms with Gasteiger partial charge in [0, 0.05) is 18.7 Å². The summed E-state index contributed by atoms with van der Waals surface area (Å²) in [6.07, 6.45) is 3.49. The number of hydrogen-bond donors (Lipinski definition) is 1. The summed E-state index contributed by atoms with van der Waals surface area (Å²) in [7, 11) is 1.61. The number of ether oxygens (including phenoxy) is 1. The quantitative estimate of drug-likeness (QED) is 0.406. The number of amides is 1. The van der Waals surface area contributed by atoms with E-state index >= 15 is 0 Å². The molecule has 3 aromatic rings. The number of benzene rings is 2. The van der Waals surface area contributed by atoms with Gasteiger partial charge in [0.05, 0.1) is 12.9 Å². The molecule has 150 valence electrons. The molecule has 0 bridgehead atoms. The number of hydrogen-bond acceptors (Lipinski definition) is 5. The largest absolute Gasteiger partial charge is 0.497 e. The van der Waals surface area contributed by atoms with Crippen LogP contribution in [0.25, 0.3) is 0 Å². The minimum Gasteiger partial charge on any atom is -0.497 e. The van der Waals surface area contributed by atoms with Gasteiger partial charge in [-0.25, -0.2) is 0 Å². The number of rotatable bonds is 10. The Labute approximate surface area is 175 Å². The highest BCUT2D eigenvalue weighted by Crippen LogP contribution is 2.20. The Kier molecular flexibility index (Phi) is 7.47. The first-order chi connectivity index (χ1) is 14.2. The van der Waals surface area contributed by atoms with Crippen LogP contribution in [0.3, 0.4) is 0 Å². The number of aryl methyl sites for hydroxylation is 2. The molecule has 1 aromatic heterocycles. The van der Waals surface area contributed by atoms with Crippen molar-refractivity contribution in [3.8, 4) is 5.75 Å². The van der Waals surface area contributed by atoms with Gasteiger partial charge in [0.25, 0.3) is 0 Å². The Bertz CT molecular complexity index is 939. The molecule has 7 heteroatoms. The van der Waals surface area contributed by atoms with Gasteiger partial charge in [-0.05, 0) is 36.2 Å². The molecule has 0 saturated heterocycles. The Hall–Kier alpha value is -3.06. The number of carbonyl (C=O) groups excluding carboxylic acids is 1. The summed E-state index contributed by atoms with van der Waals surface area (Å²) < 4.78 is 7.14. The third kappa shape index (κ3) is 5.96. The second kappa shape index (κ2) is 10.5. The fraction of sp³-hybridized carbons (Fsp3) is 0.227. The highest BCUT2D eigenvalue weighted by atomic mass is 32.2. The van der Waals surface area contributed by atoms with E-state index in [1.54, 1.807) is 7.11 Å². The van der Waals surface area contributed by atoms with E-state index in [1.807, 2.05) is 53.1 Å². The van der Waals surface area contributed by atoms with Crippen molar-refractivity contribution >= 4 is 23.4 Å². The van der Waals surface area contributed by atoms with E-state index in [9.17, 15) is 4.79 Å². The summed E-state index contributed by atoms with van der Waals surface area (Å²) in [6, 6.07) is 17.5. The molecule has 1 heterocycles. The molecule has 6 nitrogen and oxygen atoms in total. The Morgan fingerprint density at radius 2 is 1.90 bits per heavy atom. The first-order valence-electron chi connectivity index (χ1n) is 9.33. The third-order valence-electron chi connectivity index (χ3n) is 4.29. The van der Waals surface area contributed by atoms with Crippen molar-refractivity contribution in [3.05, 3.63) is 78.6 Å². The minimum absolute atomic E-state index is 0.0980. The Morgan fingerprint density at radius 1 is 1.14 bits per heavy atom. The molecular weight excluding hydrogens is 384 g/mol. The van der Waals surface area contributed by atoms with E-state index in [0.29, 0.717) is 6.54 Å². The van der Waals surface area contributed by atoms with Gasteiger partial charge in [-0.2, -0.15) is 0 Å². The monoisotopic (exact) mass is 408 g/mol. The summed E-state index contributed by atoms with van der Waals surface area (Å²) in [5, 5.41) is 12.2. The predicted octanol–water partition coefficient (Wildman–Crippen LogP) is 3.99. The molecule has 0 spiro atoms. The highest BCUT2D eigenvalue weighted by molar-refractivity contribution is 7.99. The van der Waals surface area contributed by atoms with E-state index in [0.717, 1.165) is 35.3 Å². The molecule has 0 fully saturated rings. The number of thioether (sulfide) groups is 1. The van der Waals surface area contributed by atoms with E-state index in [1.165, 1.54) is 17.3 Å². The summed E-state index contributed by atoms with van der Waals surface area (Å²) in [5.41, 5.74) is 1.99. The molecule has 0 saturated carbocycles. The number of nitrogens with zero attached hydrogens (tertiary/aromatic N) is 3. The van der Waals surface area contributed by atoms with Gasteiger partial charge < -0.3 is 14.6 Å². The molecule has 0 unspecified atom stereocenters. The summed E-state index contributed by atoms with van der Waals surface area (Å²) >= 11 is 1.37. The average Bonchev–Trinajstić information content (AvgIpc) is 3.14. The first kappa shape index (κ1) is 20.7. The molecule has 0 aliphatic heterocycles. The lowest BCUT2D eigenvalue weighted by Gasteiger charge is -2.08. The van der Waals surface area contributed by atoms with Crippen LogP contribution >= 0.6 is 11.8 Å². The van der Waals surface area contributed by atoms with Crippen molar-refractivity contribution in [2.45, 2.75) is 24.5 Å². The van der Waals surface area contributed by atoms with Crippen molar-refractivity contribution in [1.29, 1.82) is 0 Å². The van der Waals surface area contributed by atoms with E-state index in [2.05, 4.69) is 34.2 Å². The molecule has 1 amide bonds. The highest BCUT2D eigenvalue weighted by Gasteiger charge is 2.13. The summed E-state index contributed by atoms with van der Waals surface area (Å²) in [5.74, 6) is 1.80. The van der Waals surface area contributed by atoms with Crippen molar-refractivity contribution < 1.29 is 9.53 Å². The van der Waals surface area contributed by atoms with Crippen LogP contribution in [0, 0.1) is 0 Å². The lowest BCUT2D eigenvalue weighted by atomic mass is 10.1. The maximum absolute atomic E-state index is 12.3. The van der Waals surface area contributed by atoms with E-state index in [-0.39, 0.29) is 11.7 Å². The zero-order chi connectivity index (χ0) is 20.5. The van der Waals surface area contributed by atoms with Crippen molar-refractivity contribution in [2.24, 2.45) is 0 Å². The molecule has 3 rings (SSSR count). The van der Waals surface area contributed by atoms with Crippen molar-refractivity contribution in [3.63, 3.8) is 0 Å². The Balaban J connectivity index is 1.58. The van der Waals surface area contributed by atoms with Gasteiger partial charge in [-0.15, -0.1) is 16.8 Å². The maximum Gasteiger partial charge on any atom is 0.234 e. The van der Waals surface area contributed by atoms with E-state index in [4.69, 9.17) is 4.74 Å². The van der Waals surface area contributed by atoms with Crippen LogP contribution in [-0.2, 0) is 24.2 Å². The second-order valence-corrected chi connectivity index (χ2v) is 7.29. The lowest BCUT2D eigenvalue weighted by molar-refractivity contribution is -0.113. The smallest absolute Gasteiger partial charge is 0.234 e. The topological polar surface area (TPSA) is 69.0 Å². The van der Waals surface area contributed by atoms with Gasteiger partial charge >= 0.3 is 0 Å². The standard InChI is InChI=1S/C22H24N4O2S/c1-3-15-26-20(14-9-17-7-5-4-6-8-17)24-25-22(26)29-16-21(27)23-18-10-12-19(28-2)13-11-18/h3-8,10-13H,1,9,14-16H2,2H3,(H,23,27). The molecule has 29 heavy (non-hydrogen) atoms. The minimum atomic E-state index is -0.0980. The molecule has 2 aromatic carbocycles. The molecule has 0 aliphatic rings. The second-order valence-electron chi connectivity index (χ2n) is 6.35. The molecule has 0 aliphatic carbocycles. The number of allylic oxidation sites excluding steroid dienone is 1. The van der Waals surface area contributed by atoms with Gasteiger partial charge in [-0.1, -0.05) is 48.2 Å².